The molecule has 0 saturated carbocycles. The van der Waals surface area contributed by atoms with Crippen molar-refractivity contribution in [2.24, 2.45) is 5.92 Å². The third-order valence-corrected chi connectivity index (χ3v) is 6.91. The lowest BCUT2D eigenvalue weighted by Crippen LogP contribution is -2.19. The van der Waals surface area contributed by atoms with Crippen molar-refractivity contribution in [1.29, 1.82) is 0 Å². The first-order valence-corrected chi connectivity index (χ1v) is 12.1. The Morgan fingerprint density at radius 3 is 2.58 bits per heavy atom. The van der Waals surface area contributed by atoms with Crippen LogP contribution in [0.2, 0.25) is 5.02 Å². The summed E-state index contributed by atoms with van der Waals surface area (Å²) in [5.74, 6) is 1.42. The number of methoxy groups -OCH3 is 1. The molecule has 0 N–H and O–H groups in total. The van der Waals surface area contributed by atoms with Crippen LogP contribution in [0.3, 0.4) is 0 Å². The Labute approximate surface area is 207 Å². The highest BCUT2D eigenvalue weighted by molar-refractivity contribution is 6.34. The second kappa shape index (κ2) is 13.5. The summed E-state index contributed by atoms with van der Waals surface area (Å²) in [6, 6.07) is 4.18. The van der Waals surface area contributed by atoms with E-state index in [2.05, 4.69) is 83.2 Å². The van der Waals surface area contributed by atoms with E-state index < -0.39 is 0 Å². The Morgan fingerprint density at radius 2 is 2.03 bits per heavy atom. The normalized spacial score (nSPS) is 20.7. The van der Waals surface area contributed by atoms with Crippen LogP contribution in [0.15, 0.2) is 48.2 Å². The highest BCUT2D eigenvalue weighted by atomic mass is 35.5. The largest absolute Gasteiger partial charge is 0.495 e. The second-order valence-electron chi connectivity index (χ2n) is 9.20. The molecule has 3 atom stereocenters. The van der Waals surface area contributed by atoms with Gasteiger partial charge in [-0.1, -0.05) is 62.2 Å². The lowest BCUT2D eigenvalue weighted by atomic mass is 10.0. The number of hydrogen-bond donors (Lipinski definition) is 0. The Bertz CT molecular complexity index is 870. The van der Waals surface area contributed by atoms with Crippen LogP contribution < -0.4 is 9.64 Å². The molecule has 1 heterocycles. The number of hydrogen-bond acceptors (Lipinski definition) is 3. The molecular formula is C29H42ClNO2. The standard InChI is InChI=1S/C27H40ClNO2.C2H2/c1-9-19(2)12-10-11-13-20(3)16-23-17-24(26(28)25(18-23)30-8)29(7)21(4)14-15-27(6)22(5)31-27;1-2/h10-11,13,17-19,22H,4,9,12,14-16H2,1-3,5-8H3;1-2H/b11-10+,20-13+;/t19?,22-,27-;/m0./s1. The van der Waals surface area contributed by atoms with Gasteiger partial charge in [-0.15, -0.1) is 12.8 Å². The van der Waals surface area contributed by atoms with E-state index in [1.807, 2.05) is 13.1 Å². The van der Waals surface area contributed by atoms with Crippen molar-refractivity contribution in [1.82, 2.24) is 0 Å². The number of terminal acetylenes is 1. The Morgan fingerprint density at radius 1 is 1.39 bits per heavy atom. The molecule has 1 aromatic carbocycles. The number of ether oxygens (including phenoxy) is 2. The van der Waals surface area contributed by atoms with Gasteiger partial charge in [0, 0.05) is 12.7 Å². The molecule has 4 heteroatoms. The van der Waals surface area contributed by atoms with Gasteiger partial charge >= 0.3 is 0 Å². The molecule has 0 aromatic heterocycles. The van der Waals surface area contributed by atoms with E-state index in [0.717, 1.165) is 43.0 Å². The van der Waals surface area contributed by atoms with Crippen molar-refractivity contribution < 1.29 is 9.47 Å². The van der Waals surface area contributed by atoms with Gasteiger partial charge in [-0.05, 0) is 70.1 Å². The highest BCUT2D eigenvalue weighted by Gasteiger charge is 2.48. The first kappa shape index (κ1) is 28.9. The van der Waals surface area contributed by atoms with Gasteiger partial charge in [0.05, 0.1) is 24.5 Å². The number of halogens is 1. The van der Waals surface area contributed by atoms with E-state index in [9.17, 15) is 0 Å². The summed E-state index contributed by atoms with van der Waals surface area (Å²) in [7, 11) is 3.68. The first-order chi connectivity index (χ1) is 15.6. The monoisotopic (exact) mass is 471 g/mol. The molecule has 0 spiro atoms. The minimum absolute atomic E-state index is 0.0164. The fourth-order valence-electron chi connectivity index (χ4n) is 3.59. The molecule has 1 aliphatic heterocycles. The molecule has 1 unspecified atom stereocenters. The van der Waals surface area contributed by atoms with E-state index in [4.69, 9.17) is 21.1 Å². The van der Waals surface area contributed by atoms with E-state index >= 15 is 0 Å². The molecule has 0 bridgehead atoms. The van der Waals surface area contributed by atoms with Gasteiger partial charge in [-0.2, -0.15) is 0 Å². The van der Waals surface area contributed by atoms with Crippen molar-refractivity contribution in [3.05, 3.63) is 58.8 Å². The van der Waals surface area contributed by atoms with Crippen LogP contribution in [0.25, 0.3) is 0 Å². The average Bonchev–Trinajstić information content (AvgIpc) is 3.42. The minimum atomic E-state index is -0.0164. The van der Waals surface area contributed by atoms with Gasteiger partial charge in [-0.3, -0.25) is 0 Å². The lowest BCUT2D eigenvalue weighted by molar-refractivity contribution is 0.299. The van der Waals surface area contributed by atoms with Crippen LogP contribution in [0.5, 0.6) is 5.75 Å². The van der Waals surface area contributed by atoms with Crippen molar-refractivity contribution in [3.8, 4) is 18.6 Å². The number of epoxide rings is 1. The van der Waals surface area contributed by atoms with Crippen LogP contribution in [0.4, 0.5) is 5.69 Å². The van der Waals surface area contributed by atoms with Crippen molar-refractivity contribution in [2.75, 3.05) is 19.1 Å². The third-order valence-electron chi connectivity index (χ3n) is 6.53. The van der Waals surface area contributed by atoms with E-state index in [-0.39, 0.29) is 5.60 Å². The van der Waals surface area contributed by atoms with Gasteiger partial charge < -0.3 is 14.4 Å². The number of anilines is 1. The van der Waals surface area contributed by atoms with Crippen LogP contribution >= 0.6 is 11.6 Å². The molecular weight excluding hydrogens is 430 g/mol. The summed E-state index contributed by atoms with van der Waals surface area (Å²) >= 11 is 6.67. The maximum atomic E-state index is 6.67. The predicted octanol–water partition coefficient (Wildman–Crippen LogP) is 7.99. The Balaban J connectivity index is 0.00000265. The van der Waals surface area contributed by atoms with Gasteiger partial charge in [0.25, 0.3) is 0 Å². The van der Waals surface area contributed by atoms with E-state index in [1.165, 1.54) is 17.6 Å². The molecule has 1 saturated heterocycles. The zero-order valence-electron chi connectivity index (χ0n) is 21.6. The van der Waals surface area contributed by atoms with Gasteiger partial charge in [0.15, 0.2) is 0 Å². The molecule has 0 radical (unpaired) electrons. The topological polar surface area (TPSA) is 25.0 Å². The van der Waals surface area contributed by atoms with E-state index in [1.54, 1.807) is 7.11 Å². The highest BCUT2D eigenvalue weighted by Crippen LogP contribution is 2.42. The fourth-order valence-corrected chi connectivity index (χ4v) is 3.90. The molecule has 1 aromatic rings. The van der Waals surface area contributed by atoms with Gasteiger partial charge in [0.1, 0.15) is 10.8 Å². The zero-order valence-corrected chi connectivity index (χ0v) is 22.3. The van der Waals surface area contributed by atoms with Crippen molar-refractivity contribution in [2.45, 2.75) is 78.4 Å². The third kappa shape index (κ3) is 8.61. The van der Waals surface area contributed by atoms with Crippen LogP contribution in [-0.4, -0.2) is 25.9 Å². The number of nitrogens with zero attached hydrogens (tertiary/aromatic N) is 1. The number of allylic oxidation sites excluding steroid dienone is 5. The lowest BCUT2D eigenvalue weighted by Gasteiger charge is -2.25. The quantitative estimate of drug-likeness (QED) is 0.175. The summed E-state index contributed by atoms with van der Waals surface area (Å²) in [5, 5.41) is 0.618. The van der Waals surface area contributed by atoms with Gasteiger partial charge in [-0.25, -0.2) is 0 Å². The summed E-state index contributed by atoms with van der Waals surface area (Å²) < 4.78 is 11.3. The second-order valence-corrected chi connectivity index (χ2v) is 9.57. The van der Waals surface area contributed by atoms with E-state index in [0.29, 0.717) is 16.9 Å². The van der Waals surface area contributed by atoms with Crippen LogP contribution in [0.1, 0.15) is 65.9 Å². The van der Waals surface area contributed by atoms with Crippen molar-refractivity contribution >= 4 is 17.3 Å². The molecule has 0 aliphatic carbocycles. The number of benzene rings is 1. The summed E-state index contributed by atoms with van der Waals surface area (Å²) in [6.07, 6.45) is 19.9. The Kier molecular flexibility index (Phi) is 11.8. The summed E-state index contributed by atoms with van der Waals surface area (Å²) in [4.78, 5) is 2.08. The smallest absolute Gasteiger partial charge is 0.139 e. The Hall–Kier alpha value is -2.15. The molecule has 1 aliphatic rings. The molecule has 1 fully saturated rings. The maximum Gasteiger partial charge on any atom is 0.139 e. The summed E-state index contributed by atoms with van der Waals surface area (Å²) in [5.41, 5.74) is 4.40. The molecule has 3 nitrogen and oxygen atoms in total. The number of rotatable bonds is 12. The maximum absolute atomic E-state index is 6.67. The fraction of sp³-hybridized carbons (Fsp3) is 0.517. The predicted molar refractivity (Wildman–Crippen MR) is 144 cm³/mol. The van der Waals surface area contributed by atoms with Gasteiger partial charge in [0.2, 0.25) is 0 Å². The zero-order chi connectivity index (χ0) is 25.2. The average molecular weight is 472 g/mol. The molecule has 182 valence electrons. The van der Waals surface area contributed by atoms with Crippen LogP contribution in [0, 0.1) is 18.8 Å². The molecule has 0 amide bonds. The van der Waals surface area contributed by atoms with Crippen LogP contribution in [-0.2, 0) is 11.2 Å². The molecule has 33 heavy (non-hydrogen) atoms. The minimum Gasteiger partial charge on any atom is -0.495 e. The summed E-state index contributed by atoms with van der Waals surface area (Å²) in [6.45, 7) is 15.3. The van der Waals surface area contributed by atoms with Crippen molar-refractivity contribution in [3.63, 3.8) is 0 Å². The molecule has 2 rings (SSSR count). The SMILES string of the molecule is C#C.C=C(CC[C@]1(C)O[C@H]1C)N(C)c1cc(C/C(C)=C/C=C/CC(C)CC)cc(OC)c1Cl. The first-order valence-electron chi connectivity index (χ1n) is 11.7.